The predicted molar refractivity (Wildman–Crippen MR) is 84.9 cm³/mol. The van der Waals surface area contributed by atoms with E-state index in [-0.39, 0.29) is 12.8 Å². The number of nitrogens with one attached hydrogen (secondary N) is 1. The van der Waals surface area contributed by atoms with Gasteiger partial charge in [-0.1, -0.05) is 17.4 Å². The van der Waals surface area contributed by atoms with Crippen molar-refractivity contribution >= 4 is 22.5 Å². The summed E-state index contributed by atoms with van der Waals surface area (Å²) in [6.45, 7) is 0.715. The fraction of sp³-hybridized carbons (Fsp3) is 0.400. The largest absolute Gasteiger partial charge is 0.454 e. The molecular formula is C15H16N4O3S. The molecule has 4 rings (SSSR count). The Bertz CT molecular complexity index is 744. The first-order chi connectivity index (χ1) is 11.2. The summed E-state index contributed by atoms with van der Waals surface area (Å²) < 4.78 is 10.6. The van der Waals surface area contributed by atoms with Gasteiger partial charge < -0.3 is 14.4 Å². The van der Waals surface area contributed by atoms with Crippen LogP contribution in [0.4, 0.5) is 9.93 Å². The molecule has 1 aromatic carbocycles. The lowest BCUT2D eigenvalue weighted by Gasteiger charge is -2.17. The molecule has 120 valence electrons. The zero-order valence-electron chi connectivity index (χ0n) is 12.6. The monoisotopic (exact) mass is 332 g/mol. The standard InChI is InChI=1S/C15H16N4O3S/c1-19(7-9-2-5-11-12(6-9)22-8-21-11)15(20)16-14-18-17-13(23-14)10-3-4-10/h2,5-6,10H,3-4,7-8H2,1H3,(H,16,18,20). The molecular weight excluding hydrogens is 316 g/mol. The lowest BCUT2D eigenvalue weighted by Crippen LogP contribution is -2.30. The van der Waals surface area contributed by atoms with Crippen molar-refractivity contribution in [3.05, 3.63) is 28.8 Å². The maximum atomic E-state index is 12.2. The van der Waals surface area contributed by atoms with E-state index in [9.17, 15) is 4.79 Å². The van der Waals surface area contributed by atoms with Crippen LogP contribution in [-0.4, -0.2) is 35.0 Å². The Morgan fingerprint density at radius 2 is 2.17 bits per heavy atom. The second-order valence-corrected chi connectivity index (χ2v) is 6.70. The van der Waals surface area contributed by atoms with E-state index in [4.69, 9.17) is 9.47 Å². The number of hydrogen-bond acceptors (Lipinski definition) is 6. The van der Waals surface area contributed by atoms with Crippen LogP contribution in [0, 0.1) is 0 Å². The van der Waals surface area contributed by atoms with Crippen molar-refractivity contribution in [2.24, 2.45) is 0 Å². The number of anilines is 1. The fourth-order valence-electron chi connectivity index (χ4n) is 2.35. The second kappa shape index (κ2) is 5.69. The van der Waals surface area contributed by atoms with Gasteiger partial charge in [0.25, 0.3) is 0 Å². The van der Waals surface area contributed by atoms with Crippen molar-refractivity contribution < 1.29 is 14.3 Å². The lowest BCUT2D eigenvalue weighted by molar-refractivity contribution is 0.174. The number of urea groups is 1. The van der Waals surface area contributed by atoms with E-state index < -0.39 is 0 Å². The van der Waals surface area contributed by atoms with Gasteiger partial charge in [-0.05, 0) is 30.5 Å². The molecule has 7 nitrogen and oxygen atoms in total. The lowest BCUT2D eigenvalue weighted by atomic mass is 10.2. The summed E-state index contributed by atoms with van der Waals surface area (Å²) in [7, 11) is 1.74. The molecule has 1 N–H and O–H groups in total. The smallest absolute Gasteiger partial charge is 0.323 e. The van der Waals surface area contributed by atoms with Gasteiger partial charge in [0.05, 0.1) is 0 Å². The van der Waals surface area contributed by atoms with Crippen LogP contribution in [0.15, 0.2) is 18.2 Å². The van der Waals surface area contributed by atoms with E-state index in [1.165, 1.54) is 24.2 Å². The molecule has 0 saturated heterocycles. The summed E-state index contributed by atoms with van der Waals surface area (Å²) in [4.78, 5) is 13.8. The van der Waals surface area contributed by atoms with E-state index in [1.807, 2.05) is 18.2 Å². The molecule has 2 aliphatic rings. The van der Waals surface area contributed by atoms with Gasteiger partial charge in [-0.3, -0.25) is 5.32 Å². The molecule has 2 amide bonds. The molecule has 2 aromatic rings. The Labute approximate surface area is 137 Å². The molecule has 1 aliphatic heterocycles. The number of fused-ring (bicyclic) bond motifs is 1. The highest BCUT2D eigenvalue weighted by Crippen LogP contribution is 2.42. The summed E-state index contributed by atoms with van der Waals surface area (Å²) in [6.07, 6.45) is 2.35. The SMILES string of the molecule is CN(Cc1ccc2c(c1)OCO2)C(=O)Nc1nnc(C2CC2)s1. The highest BCUT2D eigenvalue weighted by molar-refractivity contribution is 7.15. The first kappa shape index (κ1) is 14.3. The molecule has 2 heterocycles. The average Bonchev–Trinajstić information content (AvgIpc) is 3.11. The molecule has 8 heteroatoms. The van der Waals surface area contributed by atoms with Gasteiger partial charge >= 0.3 is 6.03 Å². The van der Waals surface area contributed by atoms with Crippen LogP contribution in [0.1, 0.15) is 29.3 Å². The quantitative estimate of drug-likeness (QED) is 0.931. The Hall–Kier alpha value is -2.35. The summed E-state index contributed by atoms with van der Waals surface area (Å²) in [5.74, 6) is 2.00. The number of hydrogen-bond donors (Lipinski definition) is 1. The van der Waals surface area contributed by atoms with Crippen LogP contribution >= 0.6 is 11.3 Å². The van der Waals surface area contributed by atoms with Gasteiger partial charge in [0.2, 0.25) is 11.9 Å². The predicted octanol–water partition coefficient (Wildman–Crippen LogP) is 2.81. The number of carbonyl (C=O) groups is 1. The first-order valence-electron chi connectivity index (χ1n) is 7.43. The summed E-state index contributed by atoms with van der Waals surface area (Å²) in [5, 5.41) is 12.5. The first-order valence-corrected chi connectivity index (χ1v) is 8.25. The third-order valence-electron chi connectivity index (χ3n) is 3.78. The normalized spacial score (nSPS) is 15.5. The van der Waals surface area contributed by atoms with Gasteiger partial charge in [0.15, 0.2) is 11.5 Å². The molecule has 0 unspecified atom stereocenters. The topological polar surface area (TPSA) is 76.6 Å². The van der Waals surface area contributed by atoms with Crippen LogP contribution < -0.4 is 14.8 Å². The van der Waals surface area contributed by atoms with E-state index in [0.717, 1.165) is 22.1 Å². The number of carbonyl (C=O) groups excluding carboxylic acids is 1. The molecule has 0 bridgehead atoms. The summed E-state index contributed by atoms with van der Waals surface area (Å²) >= 11 is 1.45. The number of aromatic nitrogens is 2. The van der Waals surface area contributed by atoms with Gasteiger partial charge in [0, 0.05) is 19.5 Å². The van der Waals surface area contributed by atoms with Crippen molar-refractivity contribution in [2.45, 2.75) is 25.3 Å². The minimum atomic E-state index is -0.207. The molecule has 0 atom stereocenters. The van der Waals surface area contributed by atoms with Crippen LogP contribution in [0.3, 0.4) is 0 Å². The van der Waals surface area contributed by atoms with E-state index in [1.54, 1.807) is 11.9 Å². The van der Waals surface area contributed by atoms with Gasteiger partial charge in [-0.2, -0.15) is 0 Å². The number of amides is 2. The zero-order chi connectivity index (χ0) is 15.8. The minimum absolute atomic E-state index is 0.207. The number of nitrogens with zero attached hydrogens (tertiary/aromatic N) is 3. The van der Waals surface area contributed by atoms with Crippen molar-refractivity contribution in [3.63, 3.8) is 0 Å². The summed E-state index contributed by atoms with van der Waals surface area (Å²) in [5.41, 5.74) is 0.975. The molecule has 0 radical (unpaired) electrons. The van der Waals surface area contributed by atoms with Crippen LogP contribution in [0.2, 0.25) is 0 Å². The summed E-state index contributed by atoms with van der Waals surface area (Å²) in [6, 6.07) is 5.47. The molecule has 1 fully saturated rings. The molecule has 23 heavy (non-hydrogen) atoms. The highest BCUT2D eigenvalue weighted by Gasteiger charge is 2.28. The van der Waals surface area contributed by atoms with Crippen LogP contribution in [-0.2, 0) is 6.54 Å². The molecule has 0 spiro atoms. The Kier molecular flexibility index (Phi) is 3.53. The third-order valence-corrected chi connectivity index (χ3v) is 4.79. The fourth-order valence-corrected chi connectivity index (χ4v) is 3.25. The van der Waals surface area contributed by atoms with E-state index in [0.29, 0.717) is 17.6 Å². The van der Waals surface area contributed by atoms with E-state index >= 15 is 0 Å². The van der Waals surface area contributed by atoms with Gasteiger partial charge in [0.1, 0.15) is 5.01 Å². The molecule has 1 aromatic heterocycles. The second-order valence-electron chi connectivity index (χ2n) is 5.69. The minimum Gasteiger partial charge on any atom is -0.454 e. The average molecular weight is 332 g/mol. The molecule has 1 aliphatic carbocycles. The Balaban J connectivity index is 1.37. The van der Waals surface area contributed by atoms with Crippen molar-refractivity contribution in [1.29, 1.82) is 0 Å². The number of rotatable bonds is 4. The molecule has 1 saturated carbocycles. The van der Waals surface area contributed by atoms with Crippen molar-refractivity contribution in [1.82, 2.24) is 15.1 Å². The van der Waals surface area contributed by atoms with Crippen molar-refractivity contribution in [3.8, 4) is 11.5 Å². The van der Waals surface area contributed by atoms with Crippen molar-refractivity contribution in [2.75, 3.05) is 19.2 Å². The maximum Gasteiger partial charge on any atom is 0.323 e. The van der Waals surface area contributed by atoms with Crippen LogP contribution in [0.5, 0.6) is 11.5 Å². The van der Waals surface area contributed by atoms with E-state index in [2.05, 4.69) is 15.5 Å². The van der Waals surface area contributed by atoms with Crippen LogP contribution in [0.25, 0.3) is 0 Å². The van der Waals surface area contributed by atoms with Gasteiger partial charge in [-0.15, -0.1) is 10.2 Å². The zero-order valence-corrected chi connectivity index (χ0v) is 13.4. The number of ether oxygens (including phenoxy) is 2. The Morgan fingerprint density at radius 3 is 3.00 bits per heavy atom. The van der Waals surface area contributed by atoms with Gasteiger partial charge in [-0.25, -0.2) is 4.79 Å². The number of benzene rings is 1. The maximum absolute atomic E-state index is 12.2. The Morgan fingerprint density at radius 1 is 1.35 bits per heavy atom. The highest BCUT2D eigenvalue weighted by atomic mass is 32.1. The third kappa shape index (κ3) is 3.07.